The van der Waals surface area contributed by atoms with Crippen LogP contribution in [-0.4, -0.2) is 16.0 Å². The van der Waals surface area contributed by atoms with Crippen LogP contribution in [0.15, 0.2) is 72.9 Å². The van der Waals surface area contributed by atoms with E-state index in [1.54, 1.807) is 37.4 Å². The number of anilines is 1. The Morgan fingerprint density at radius 2 is 1.63 bits per heavy atom. The maximum atomic E-state index is 13.1. The smallest absolute Gasteiger partial charge is 0.255 e. The number of nitrogens with zero attached hydrogens (tertiary/aromatic N) is 1. The summed E-state index contributed by atoms with van der Waals surface area (Å²) in [5, 5.41) is 13.6. The molecule has 0 aliphatic rings. The van der Waals surface area contributed by atoms with Gasteiger partial charge in [0.2, 0.25) is 0 Å². The number of carbonyl (C=O) groups excluding carboxylic acids is 1. The summed E-state index contributed by atoms with van der Waals surface area (Å²) in [6.07, 6.45) is 1.07. The lowest BCUT2D eigenvalue weighted by molar-refractivity contribution is 0.102. The summed E-state index contributed by atoms with van der Waals surface area (Å²) in [5.41, 5.74) is 5.40. The first-order chi connectivity index (χ1) is 14.4. The van der Waals surface area contributed by atoms with Crippen molar-refractivity contribution in [1.29, 1.82) is 0 Å². The number of aliphatic hydroxyl groups is 1. The molecule has 0 saturated heterocycles. The minimum Gasteiger partial charge on any atom is -0.389 e. The summed E-state index contributed by atoms with van der Waals surface area (Å²) in [6, 6.07) is 19.0. The van der Waals surface area contributed by atoms with Crippen molar-refractivity contribution in [3.63, 3.8) is 0 Å². The fraction of sp³-hybridized carbons (Fsp3) is 0.120. The molecule has 0 aliphatic carbocycles. The molecular formula is C25H21FN2O2. The van der Waals surface area contributed by atoms with Gasteiger partial charge in [-0.2, -0.15) is 0 Å². The van der Waals surface area contributed by atoms with E-state index >= 15 is 0 Å². The van der Waals surface area contributed by atoms with E-state index in [4.69, 9.17) is 0 Å². The number of nitrogens with one attached hydrogen (secondary N) is 1. The Labute approximate surface area is 174 Å². The molecular weight excluding hydrogens is 379 g/mol. The molecule has 4 aromatic rings. The predicted octanol–water partition coefficient (Wildman–Crippen LogP) is 5.65. The highest BCUT2D eigenvalue weighted by atomic mass is 19.1. The third-order valence-corrected chi connectivity index (χ3v) is 5.18. The van der Waals surface area contributed by atoms with E-state index < -0.39 is 6.10 Å². The van der Waals surface area contributed by atoms with Gasteiger partial charge in [-0.1, -0.05) is 30.3 Å². The van der Waals surface area contributed by atoms with E-state index in [1.165, 1.54) is 12.1 Å². The Morgan fingerprint density at radius 1 is 1.00 bits per heavy atom. The van der Waals surface area contributed by atoms with E-state index in [1.807, 2.05) is 37.3 Å². The van der Waals surface area contributed by atoms with Crippen LogP contribution in [0.1, 0.15) is 34.5 Å². The van der Waals surface area contributed by atoms with Gasteiger partial charge in [-0.15, -0.1) is 0 Å². The molecule has 4 rings (SSSR count). The lowest BCUT2D eigenvalue weighted by Gasteiger charge is -2.12. The highest BCUT2D eigenvalue weighted by Crippen LogP contribution is 2.27. The van der Waals surface area contributed by atoms with Gasteiger partial charge in [-0.3, -0.25) is 9.78 Å². The number of hydrogen-bond acceptors (Lipinski definition) is 3. The molecule has 0 fully saturated rings. The van der Waals surface area contributed by atoms with E-state index in [2.05, 4.69) is 10.3 Å². The van der Waals surface area contributed by atoms with Crippen LogP contribution >= 0.6 is 0 Å². The van der Waals surface area contributed by atoms with Crippen molar-refractivity contribution in [2.24, 2.45) is 0 Å². The molecule has 0 radical (unpaired) electrons. The van der Waals surface area contributed by atoms with Gasteiger partial charge in [-0.05, 0) is 72.5 Å². The zero-order chi connectivity index (χ0) is 21.3. The van der Waals surface area contributed by atoms with Crippen molar-refractivity contribution < 1.29 is 14.3 Å². The van der Waals surface area contributed by atoms with Gasteiger partial charge >= 0.3 is 0 Å². The predicted molar refractivity (Wildman–Crippen MR) is 117 cm³/mol. The molecule has 1 aromatic heterocycles. The molecule has 3 aromatic carbocycles. The fourth-order valence-electron chi connectivity index (χ4n) is 3.38. The molecule has 4 nitrogen and oxygen atoms in total. The number of fused-ring (bicyclic) bond motifs is 1. The number of hydrogen-bond donors (Lipinski definition) is 2. The van der Waals surface area contributed by atoms with Crippen molar-refractivity contribution in [3.8, 4) is 11.1 Å². The van der Waals surface area contributed by atoms with Gasteiger partial charge in [0.05, 0.1) is 11.6 Å². The number of carbonyl (C=O) groups is 1. The molecule has 1 amide bonds. The maximum absolute atomic E-state index is 13.1. The molecule has 5 heteroatoms. The number of rotatable bonds is 4. The molecule has 0 aliphatic heterocycles. The van der Waals surface area contributed by atoms with Crippen LogP contribution in [0.25, 0.3) is 22.0 Å². The minimum atomic E-state index is -0.584. The topological polar surface area (TPSA) is 62.2 Å². The van der Waals surface area contributed by atoms with E-state index in [0.29, 0.717) is 11.3 Å². The number of aliphatic hydroxyl groups excluding tert-OH is 1. The molecule has 0 bridgehead atoms. The van der Waals surface area contributed by atoms with Crippen molar-refractivity contribution in [2.75, 3.05) is 5.32 Å². The second-order valence-electron chi connectivity index (χ2n) is 7.29. The Morgan fingerprint density at radius 3 is 2.27 bits per heavy atom. The van der Waals surface area contributed by atoms with Crippen LogP contribution in [0, 0.1) is 12.7 Å². The molecule has 2 N–H and O–H groups in total. The Kier molecular flexibility index (Phi) is 5.29. The molecule has 30 heavy (non-hydrogen) atoms. The van der Waals surface area contributed by atoms with Gasteiger partial charge in [-0.25, -0.2) is 4.39 Å². The van der Waals surface area contributed by atoms with Gasteiger partial charge < -0.3 is 10.4 Å². The largest absolute Gasteiger partial charge is 0.389 e. The summed E-state index contributed by atoms with van der Waals surface area (Å²) in [7, 11) is 0. The average Bonchev–Trinajstić information content (AvgIpc) is 2.76. The lowest BCUT2D eigenvalue weighted by atomic mass is 10.0. The fourth-order valence-corrected chi connectivity index (χ4v) is 3.38. The molecule has 1 atom stereocenters. The monoisotopic (exact) mass is 400 g/mol. The van der Waals surface area contributed by atoms with Crippen LogP contribution in [0.3, 0.4) is 0 Å². The van der Waals surface area contributed by atoms with Crippen molar-refractivity contribution >= 4 is 22.5 Å². The number of aryl methyl sites for hydroxylation is 1. The lowest BCUT2D eigenvalue weighted by Crippen LogP contribution is -2.13. The molecule has 150 valence electrons. The molecule has 1 heterocycles. The van der Waals surface area contributed by atoms with Crippen LogP contribution in [-0.2, 0) is 0 Å². The van der Waals surface area contributed by atoms with Crippen LogP contribution < -0.4 is 5.32 Å². The number of amides is 1. The standard InChI is InChI=1S/C25H21FN2O2/c1-15-23(12-9-20-13-21(16(2)29)14-27-24(15)20)28-25(30)19-5-3-17(4-6-19)18-7-10-22(26)11-8-18/h3-14,16,29H,1-2H3,(H,28,30). The summed E-state index contributed by atoms with van der Waals surface area (Å²) >= 11 is 0. The van der Waals surface area contributed by atoms with Crippen LogP contribution in [0.4, 0.5) is 10.1 Å². The normalized spacial score (nSPS) is 12.0. The van der Waals surface area contributed by atoms with E-state index in [0.717, 1.165) is 33.2 Å². The molecule has 0 saturated carbocycles. The first-order valence-electron chi connectivity index (χ1n) is 9.67. The average molecular weight is 400 g/mol. The van der Waals surface area contributed by atoms with Gasteiger partial charge in [0.25, 0.3) is 5.91 Å². The van der Waals surface area contributed by atoms with E-state index in [9.17, 15) is 14.3 Å². The highest BCUT2D eigenvalue weighted by molar-refractivity contribution is 6.06. The molecule has 1 unspecified atom stereocenters. The SMILES string of the molecule is Cc1c(NC(=O)c2ccc(-c3ccc(F)cc3)cc2)ccc2cc(C(C)O)cnc12. The second-order valence-corrected chi connectivity index (χ2v) is 7.29. The third-order valence-electron chi connectivity index (χ3n) is 5.18. The number of halogens is 1. The van der Waals surface area contributed by atoms with Crippen molar-refractivity contribution in [2.45, 2.75) is 20.0 Å². The first-order valence-corrected chi connectivity index (χ1v) is 9.67. The Balaban J connectivity index is 1.56. The molecule has 0 spiro atoms. The van der Waals surface area contributed by atoms with Gasteiger partial charge in [0, 0.05) is 22.8 Å². The number of pyridine rings is 1. The van der Waals surface area contributed by atoms with Crippen molar-refractivity contribution in [1.82, 2.24) is 4.98 Å². The number of aromatic nitrogens is 1. The van der Waals surface area contributed by atoms with Crippen LogP contribution in [0.5, 0.6) is 0 Å². The summed E-state index contributed by atoms with van der Waals surface area (Å²) < 4.78 is 13.1. The Bertz CT molecular complexity index is 1220. The maximum Gasteiger partial charge on any atom is 0.255 e. The summed E-state index contributed by atoms with van der Waals surface area (Å²) in [4.78, 5) is 17.2. The second kappa shape index (κ2) is 8.05. The van der Waals surface area contributed by atoms with Crippen LogP contribution in [0.2, 0.25) is 0 Å². The first kappa shape index (κ1) is 19.7. The summed E-state index contributed by atoms with van der Waals surface area (Å²) in [6.45, 7) is 3.61. The number of benzene rings is 3. The summed E-state index contributed by atoms with van der Waals surface area (Å²) in [5.74, 6) is -0.499. The van der Waals surface area contributed by atoms with Gasteiger partial charge in [0.1, 0.15) is 5.82 Å². The third kappa shape index (κ3) is 3.93. The zero-order valence-electron chi connectivity index (χ0n) is 16.7. The quantitative estimate of drug-likeness (QED) is 0.465. The van der Waals surface area contributed by atoms with Gasteiger partial charge in [0.15, 0.2) is 0 Å². The van der Waals surface area contributed by atoms with Crippen molar-refractivity contribution in [3.05, 3.63) is 95.4 Å². The zero-order valence-corrected chi connectivity index (χ0v) is 16.7. The minimum absolute atomic E-state index is 0.219. The van der Waals surface area contributed by atoms with E-state index in [-0.39, 0.29) is 11.7 Å². The highest BCUT2D eigenvalue weighted by Gasteiger charge is 2.12. The Hall–Kier alpha value is -3.57.